The van der Waals surface area contributed by atoms with Gasteiger partial charge in [-0.05, 0) is 25.0 Å². The van der Waals surface area contributed by atoms with Gasteiger partial charge in [-0.15, -0.1) is 0 Å². The van der Waals surface area contributed by atoms with Gasteiger partial charge in [0.2, 0.25) is 5.71 Å². The highest BCUT2D eigenvalue weighted by Crippen LogP contribution is 2.19. The molecule has 0 saturated heterocycles. The largest absolute Gasteiger partial charge is 0.443 e. The Morgan fingerprint density at radius 1 is 1.29 bits per heavy atom. The van der Waals surface area contributed by atoms with Crippen LogP contribution in [0.4, 0.5) is 0 Å². The molecule has 4 heteroatoms. The van der Waals surface area contributed by atoms with Gasteiger partial charge in [0, 0.05) is 5.56 Å². The van der Waals surface area contributed by atoms with Gasteiger partial charge < -0.3 is 4.42 Å². The lowest BCUT2D eigenvalue weighted by molar-refractivity contribution is 0.561. The van der Waals surface area contributed by atoms with Crippen molar-refractivity contribution in [3.05, 3.63) is 70.0 Å². The summed E-state index contributed by atoms with van der Waals surface area (Å²) >= 11 is 0. The fourth-order valence-electron chi connectivity index (χ4n) is 2.34. The van der Waals surface area contributed by atoms with E-state index in [1.165, 1.54) is 6.33 Å². The van der Waals surface area contributed by atoms with Crippen LogP contribution in [0.15, 0.2) is 46.4 Å². The molecule has 0 bridgehead atoms. The Kier molecular flexibility index (Phi) is 3.22. The summed E-state index contributed by atoms with van der Waals surface area (Å²) < 4.78 is 7.08. The van der Waals surface area contributed by atoms with Crippen molar-refractivity contribution in [2.24, 2.45) is 0 Å². The minimum Gasteiger partial charge on any atom is -0.443 e. The first-order valence-electron chi connectivity index (χ1n) is 6.76. The lowest BCUT2D eigenvalue weighted by atomic mass is 10.1. The monoisotopic (exact) mass is 280 g/mol. The van der Waals surface area contributed by atoms with E-state index in [0.717, 1.165) is 22.5 Å². The molecule has 2 aromatic heterocycles. The Morgan fingerprint density at radius 3 is 2.67 bits per heavy atom. The molecule has 21 heavy (non-hydrogen) atoms. The number of rotatable bonds is 3. The molecule has 0 radical (unpaired) electrons. The molecule has 0 N–H and O–H groups in total. The molecule has 3 rings (SSSR count). The standard InChI is InChI=1S/C17H16N2O2/c1-4-13-5-7-14(8-6-13)9-19-10-18-16-15(17(19)20)11(2)12(3)21-16/h4-8,10H,1,9H2,2-3H3. The maximum atomic E-state index is 12.5. The van der Waals surface area contributed by atoms with Crippen LogP contribution < -0.4 is 5.56 Å². The van der Waals surface area contributed by atoms with E-state index in [9.17, 15) is 4.79 Å². The molecule has 0 aliphatic rings. The first kappa shape index (κ1) is 13.4. The van der Waals surface area contributed by atoms with Gasteiger partial charge in [0.05, 0.1) is 6.54 Å². The highest BCUT2D eigenvalue weighted by atomic mass is 16.3. The van der Waals surface area contributed by atoms with Crippen LogP contribution in [-0.2, 0) is 6.54 Å². The second kappa shape index (κ2) is 5.05. The predicted octanol–water partition coefficient (Wildman–Crippen LogP) is 3.30. The third-order valence-electron chi connectivity index (χ3n) is 3.72. The number of nitrogens with zero attached hydrogens (tertiary/aromatic N) is 2. The van der Waals surface area contributed by atoms with Crippen molar-refractivity contribution in [1.82, 2.24) is 9.55 Å². The Bertz CT molecular complexity index is 870. The number of aryl methyl sites for hydroxylation is 2. The molecular weight excluding hydrogens is 264 g/mol. The minimum absolute atomic E-state index is 0.0675. The summed E-state index contributed by atoms with van der Waals surface area (Å²) in [7, 11) is 0. The van der Waals surface area contributed by atoms with Crippen LogP contribution in [0.25, 0.3) is 17.2 Å². The van der Waals surface area contributed by atoms with Gasteiger partial charge in [0.25, 0.3) is 5.56 Å². The van der Waals surface area contributed by atoms with Crippen molar-refractivity contribution >= 4 is 17.2 Å². The topological polar surface area (TPSA) is 48.0 Å². The summed E-state index contributed by atoms with van der Waals surface area (Å²) in [5, 5.41) is 0.567. The SMILES string of the molecule is C=Cc1ccc(Cn2cnc3oc(C)c(C)c3c2=O)cc1. The maximum Gasteiger partial charge on any atom is 0.265 e. The molecule has 0 atom stereocenters. The molecule has 3 aromatic rings. The van der Waals surface area contributed by atoms with Crippen molar-refractivity contribution in [1.29, 1.82) is 0 Å². The molecule has 0 aliphatic heterocycles. The van der Waals surface area contributed by atoms with Crippen molar-refractivity contribution < 1.29 is 4.42 Å². The van der Waals surface area contributed by atoms with E-state index in [2.05, 4.69) is 11.6 Å². The number of hydrogen-bond donors (Lipinski definition) is 0. The zero-order valence-corrected chi connectivity index (χ0v) is 12.1. The average Bonchev–Trinajstić information content (AvgIpc) is 2.79. The van der Waals surface area contributed by atoms with E-state index in [1.807, 2.05) is 38.1 Å². The molecule has 4 nitrogen and oxygen atoms in total. The number of hydrogen-bond acceptors (Lipinski definition) is 3. The van der Waals surface area contributed by atoms with Crippen LogP contribution in [0.1, 0.15) is 22.5 Å². The smallest absolute Gasteiger partial charge is 0.265 e. The van der Waals surface area contributed by atoms with E-state index in [0.29, 0.717) is 17.6 Å². The van der Waals surface area contributed by atoms with Gasteiger partial charge in [-0.25, -0.2) is 4.98 Å². The molecule has 2 heterocycles. The zero-order chi connectivity index (χ0) is 15.0. The second-order valence-corrected chi connectivity index (χ2v) is 5.09. The number of aromatic nitrogens is 2. The molecule has 0 aliphatic carbocycles. The third kappa shape index (κ3) is 2.29. The number of fused-ring (bicyclic) bond motifs is 1. The van der Waals surface area contributed by atoms with E-state index in [1.54, 1.807) is 10.6 Å². The van der Waals surface area contributed by atoms with Crippen LogP contribution in [0, 0.1) is 13.8 Å². The van der Waals surface area contributed by atoms with Crippen LogP contribution >= 0.6 is 0 Å². The molecule has 0 amide bonds. The van der Waals surface area contributed by atoms with Gasteiger partial charge >= 0.3 is 0 Å². The fourth-order valence-corrected chi connectivity index (χ4v) is 2.34. The quantitative estimate of drug-likeness (QED) is 0.739. The first-order chi connectivity index (χ1) is 10.1. The first-order valence-corrected chi connectivity index (χ1v) is 6.76. The number of furan rings is 1. The average molecular weight is 280 g/mol. The summed E-state index contributed by atoms with van der Waals surface area (Å²) in [6.07, 6.45) is 3.33. The summed E-state index contributed by atoms with van der Waals surface area (Å²) in [4.78, 5) is 16.8. The highest BCUT2D eigenvalue weighted by Gasteiger charge is 2.13. The summed E-state index contributed by atoms with van der Waals surface area (Å²) in [6, 6.07) is 7.93. The maximum absolute atomic E-state index is 12.5. The number of benzene rings is 1. The summed E-state index contributed by atoms with van der Waals surface area (Å²) in [5.74, 6) is 0.739. The zero-order valence-electron chi connectivity index (χ0n) is 12.1. The van der Waals surface area contributed by atoms with Crippen LogP contribution in [0.5, 0.6) is 0 Å². The Balaban J connectivity index is 2.04. The highest BCUT2D eigenvalue weighted by molar-refractivity contribution is 5.77. The van der Waals surface area contributed by atoms with E-state index in [4.69, 9.17) is 4.42 Å². The molecule has 0 fully saturated rings. The minimum atomic E-state index is -0.0675. The lowest BCUT2D eigenvalue weighted by Gasteiger charge is -2.05. The molecule has 0 saturated carbocycles. The van der Waals surface area contributed by atoms with Gasteiger partial charge in [0.1, 0.15) is 17.5 Å². The molecule has 0 spiro atoms. The summed E-state index contributed by atoms with van der Waals surface area (Å²) in [6.45, 7) is 7.94. The van der Waals surface area contributed by atoms with E-state index >= 15 is 0 Å². The van der Waals surface area contributed by atoms with Crippen molar-refractivity contribution in [2.45, 2.75) is 20.4 Å². The van der Waals surface area contributed by atoms with Crippen LogP contribution in [-0.4, -0.2) is 9.55 Å². The molecular formula is C17H16N2O2. The second-order valence-electron chi connectivity index (χ2n) is 5.09. The third-order valence-corrected chi connectivity index (χ3v) is 3.72. The lowest BCUT2D eigenvalue weighted by Crippen LogP contribution is -2.21. The van der Waals surface area contributed by atoms with Crippen molar-refractivity contribution in [3.8, 4) is 0 Å². The van der Waals surface area contributed by atoms with Gasteiger partial charge in [-0.3, -0.25) is 9.36 Å². The molecule has 106 valence electrons. The van der Waals surface area contributed by atoms with Crippen LogP contribution in [0.2, 0.25) is 0 Å². The van der Waals surface area contributed by atoms with Crippen LogP contribution in [0.3, 0.4) is 0 Å². The van der Waals surface area contributed by atoms with E-state index in [-0.39, 0.29) is 5.56 Å². The Hall–Kier alpha value is -2.62. The van der Waals surface area contributed by atoms with Gasteiger partial charge in [0.15, 0.2) is 0 Å². The predicted molar refractivity (Wildman–Crippen MR) is 83.4 cm³/mol. The fraction of sp³-hybridized carbons (Fsp3) is 0.176. The van der Waals surface area contributed by atoms with Gasteiger partial charge in [-0.1, -0.05) is 36.9 Å². The van der Waals surface area contributed by atoms with Crippen molar-refractivity contribution in [3.63, 3.8) is 0 Å². The van der Waals surface area contributed by atoms with E-state index < -0.39 is 0 Å². The Labute approximate surface area is 122 Å². The Morgan fingerprint density at radius 2 is 2.00 bits per heavy atom. The molecule has 0 unspecified atom stereocenters. The normalized spacial score (nSPS) is 11.0. The molecule has 1 aromatic carbocycles. The summed E-state index contributed by atoms with van der Waals surface area (Å²) in [5.41, 5.74) is 3.30. The van der Waals surface area contributed by atoms with Gasteiger partial charge in [-0.2, -0.15) is 0 Å². The van der Waals surface area contributed by atoms with Crippen molar-refractivity contribution in [2.75, 3.05) is 0 Å².